The van der Waals surface area contributed by atoms with E-state index >= 15 is 0 Å². The van der Waals surface area contributed by atoms with Crippen LogP contribution in [-0.2, 0) is 14.3 Å². The number of nitrogens with one attached hydrogen (secondary N) is 1. The van der Waals surface area contributed by atoms with Gasteiger partial charge in [0.25, 0.3) is 5.91 Å². The highest BCUT2D eigenvalue weighted by Crippen LogP contribution is 2.21. The fraction of sp³-hybridized carbons (Fsp3) is 0.800. The number of rotatable bonds is 2. The molecular formula is C10H16F3NO3. The standard InChI is InChI=1S/C10H16F3NO3/c1-8(2,3)14-6(15)9(4,5)17-7(16)10(11,12)13/h1-5H3,(H,14,15). The second-order valence-corrected chi connectivity index (χ2v) is 5.10. The van der Waals surface area contributed by atoms with Crippen LogP contribution in [0.15, 0.2) is 0 Å². The molecule has 0 saturated carbocycles. The Bertz CT molecular complexity index is 316. The van der Waals surface area contributed by atoms with Gasteiger partial charge < -0.3 is 10.1 Å². The molecule has 0 atom stereocenters. The average Bonchev–Trinajstić information content (AvgIpc) is 1.97. The van der Waals surface area contributed by atoms with Crippen LogP contribution in [0.3, 0.4) is 0 Å². The van der Waals surface area contributed by atoms with Crippen LogP contribution in [0.2, 0.25) is 0 Å². The van der Waals surface area contributed by atoms with Crippen molar-refractivity contribution in [3.05, 3.63) is 0 Å². The van der Waals surface area contributed by atoms with Crippen LogP contribution < -0.4 is 5.32 Å². The molecule has 1 N–H and O–H groups in total. The first-order valence-corrected chi connectivity index (χ1v) is 4.88. The molecule has 100 valence electrons. The van der Waals surface area contributed by atoms with Gasteiger partial charge in [0, 0.05) is 5.54 Å². The summed E-state index contributed by atoms with van der Waals surface area (Å²) in [6.45, 7) is 7.17. The zero-order valence-electron chi connectivity index (χ0n) is 10.4. The Morgan fingerprint density at radius 3 is 1.71 bits per heavy atom. The van der Waals surface area contributed by atoms with Gasteiger partial charge in [0.05, 0.1) is 0 Å². The Hall–Kier alpha value is -1.27. The van der Waals surface area contributed by atoms with Gasteiger partial charge in [-0.05, 0) is 34.6 Å². The summed E-state index contributed by atoms with van der Waals surface area (Å²) in [5.41, 5.74) is -2.50. The van der Waals surface area contributed by atoms with Gasteiger partial charge in [-0.2, -0.15) is 13.2 Å². The van der Waals surface area contributed by atoms with Gasteiger partial charge in [-0.25, -0.2) is 4.79 Å². The third kappa shape index (κ3) is 5.55. The van der Waals surface area contributed by atoms with Crippen molar-refractivity contribution in [3.8, 4) is 0 Å². The highest BCUT2D eigenvalue weighted by atomic mass is 19.4. The number of carbonyl (C=O) groups excluding carboxylic acids is 2. The molecule has 7 heteroatoms. The molecule has 1 amide bonds. The lowest BCUT2D eigenvalue weighted by molar-refractivity contribution is -0.212. The SMILES string of the molecule is CC(C)(C)NC(=O)C(C)(C)OC(=O)C(F)(F)F. The lowest BCUT2D eigenvalue weighted by Crippen LogP contribution is -2.53. The first-order chi connectivity index (χ1) is 7.26. The van der Waals surface area contributed by atoms with Gasteiger partial charge in [-0.3, -0.25) is 4.79 Å². The lowest BCUT2D eigenvalue weighted by atomic mass is 10.0. The minimum absolute atomic E-state index is 0.626. The molecule has 0 aliphatic heterocycles. The third-order valence-electron chi connectivity index (χ3n) is 1.61. The molecule has 0 aromatic heterocycles. The van der Waals surface area contributed by atoms with Crippen LogP contribution in [0, 0.1) is 0 Å². The van der Waals surface area contributed by atoms with E-state index in [1.54, 1.807) is 20.8 Å². The maximum atomic E-state index is 12.0. The fourth-order valence-corrected chi connectivity index (χ4v) is 0.827. The molecule has 17 heavy (non-hydrogen) atoms. The molecule has 0 radical (unpaired) electrons. The van der Waals surface area contributed by atoms with Crippen molar-refractivity contribution in [1.29, 1.82) is 0 Å². The molecule has 0 saturated heterocycles. The summed E-state index contributed by atoms with van der Waals surface area (Å²) < 4.78 is 40.1. The predicted molar refractivity (Wildman–Crippen MR) is 54.1 cm³/mol. The van der Waals surface area contributed by atoms with Crippen LogP contribution in [0.5, 0.6) is 0 Å². The molecule has 0 rings (SSSR count). The smallest absolute Gasteiger partial charge is 0.443 e. The number of esters is 1. The molecule has 0 bridgehead atoms. The molecule has 0 spiro atoms. The van der Waals surface area contributed by atoms with Gasteiger partial charge in [0.15, 0.2) is 5.60 Å². The van der Waals surface area contributed by atoms with Crippen molar-refractivity contribution in [3.63, 3.8) is 0 Å². The number of amides is 1. The predicted octanol–water partition coefficient (Wildman–Crippen LogP) is 1.79. The molecule has 0 unspecified atom stereocenters. The summed E-state index contributed by atoms with van der Waals surface area (Å²) in [5.74, 6) is -3.17. The first kappa shape index (κ1) is 15.7. The normalized spacial score (nSPS) is 13.2. The molecule has 4 nitrogen and oxygen atoms in total. The Morgan fingerprint density at radius 1 is 1.00 bits per heavy atom. The summed E-state index contributed by atoms with van der Waals surface area (Å²) in [6.07, 6.45) is -5.11. The summed E-state index contributed by atoms with van der Waals surface area (Å²) in [5, 5.41) is 2.43. The largest absolute Gasteiger partial charge is 0.490 e. The average molecular weight is 255 g/mol. The van der Waals surface area contributed by atoms with Crippen molar-refractivity contribution >= 4 is 11.9 Å². The topological polar surface area (TPSA) is 55.4 Å². The van der Waals surface area contributed by atoms with Crippen molar-refractivity contribution in [2.24, 2.45) is 0 Å². The van der Waals surface area contributed by atoms with Gasteiger partial charge in [-0.15, -0.1) is 0 Å². The highest BCUT2D eigenvalue weighted by Gasteiger charge is 2.46. The molecule has 0 aromatic rings. The van der Waals surface area contributed by atoms with Crippen LogP contribution in [0.4, 0.5) is 13.2 Å². The van der Waals surface area contributed by atoms with E-state index in [-0.39, 0.29) is 0 Å². The van der Waals surface area contributed by atoms with E-state index in [2.05, 4.69) is 10.1 Å². The monoisotopic (exact) mass is 255 g/mol. The number of hydrogen-bond donors (Lipinski definition) is 1. The Labute approximate surface area is 97.5 Å². The van der Waals surface area contributed by atoms with Gasteiger partial charge in [0.2, 0.25) is 0 Å². The molecule has 0 aliphatic rings. The van der Waals surface area contributed by atoms with Gasteiger partial charge in [-0.1, -0.05) is 0 Å². The maximum Gasteiger partial charge on any atom is 0.490 e. The summed E-state index contributed by atoms with van der Waals surface area (Å²) in [4.78, 5) is 22.2. The van der Waals surface area contributed by atoms with Gasteiger partial charge in [0.1, 0.15) is 0 Å². The van der Waals surface area contributed by atoms with Crippen molar-refractivity contribution < 1.29 is 27.5 Å². The molecular weight excluding hydrogens is 239 g/mol. The van der Waals surface area contributed by atoms with E-state index in [0.29, 0.717) is 0 Å². The zero-order valence-corrected chi connectivity index (χ0v) is 10.4. The van der Waals surface area contributed by atoms with Crippen molar-refractivity contribution in [1.82, 2.24) is 5.32 Å². The van der Waals surface area contributed by atoms with Crippen molar-refractivity contribution in [2.75, 3.05) is 0 Å². The Morgan fingerprint density at radius 2 is 1.41 bits per heavy atom. The Balaban J connectivity index is 4.70. The summed E-state index contributed by atoms with van der Waals surface area (Å²) in [6, 6.07) is 0. The van der Waals surface area contributed by atoms with Crippen molar-refractivity contribution in [2.45, 2.75) is 51.9 Å². The maximum absolute atomic E-state index is 12.0. The number of hydrogen-bond acceptors (Lipinski definition) is 3. The van der Waals surface area contributed by atoms with Crippen LogP contribution in [-0.4, -0.2) is 29.2 Å². The zero-order chi connectivity index (χ0) is 14.1. The molecule has 0 heterocycles. The number of carbonyl (C=O) groups is 2. The molecule has 0 aromatic carbocycles. The van der Waals surface area contributed by atoms with E-state index < -0.39 is 29.2 Å². The van der Waals surface area contributed by atoms with E-state index in [0.717, 1.165) is 13.8 Å². The number of ether oxygens (including phenoxy) is 1. The minimum Gasteiger partial charge on any atom is -0.443 e. The lowest BCUT2D eigenvalue weighted by Gasteiger charge is -2.29. The second-order valence-electron chi connectivity index (χ2n) is 5.10. The Kier molecular flexibility index (Phi) is 4.20. The quantitative estimate of drug-likeness (QED) is 0.765. The fourth-order valence-electron chi connectivity index (χ4n) is 0.827. The van der Waals surface area contributed by atoms with E-state index in [1.165, 1.54) is 0 Å². The van der Waals surface area contributed by atoms with E-state index in [9.17, 15) is 22.8 Å². The summed E-state index contributed by atoms with van der Waals surface area (Å²) in [7, 11) is 0. The first-order valence-electron chi connectivity index (χ1n) is 4.88. The van der Waals surface area contributed by atoms with Crippen LogP contribution in [0.1, 0.15) is 34.6 Å². The number of halogens is 3. The number of alkyl halides is 3. The van der Waals surface area contributed by atoms with Crippen LogP contribution in [0.25, 0.3) is 0 Å². The third-order valence-corrected chi connectivity index (χ3v) is 1.61. The van der Waals surface area contributed by atoms with E-state index in [4.69, 9.17) is 0 Å². The van der Waals surface area contributed by atoms with Crippen LogP contribution >= 0.6 is 0 Å². The van der Waals surface area contributed by atoms with Gasteiger partial charge >= 0.3 is 12.1 Å². The highest BCUT2D eigenvalue weighted by molar-refractivity contribution is 5.88. The summed E-state index contributed by atoms with van der Waals surface area (Å²) >= 11 is 0. The molecule has 0 aliphatic carbocycles. The minimum atomic E-state index is -5.11. The molecule has 0 fully saturated rings. The van der Waals surface area contributed by atoms with E-state index in [1.807, 2.05) is 0 Å². The second kappa shape index (κ2) is 4.54.